The summed E-state index contributed by atoms with van der Waals surface area (Å²) in [7, 11) is 0. The maximum atomic E-state index is 5.71. The highest BCUT2D eigenvalue weighted by atomic mass is 79.9. The fraction of sp³-hybridized carbons (Fsp3) is 0. The standard InChI is InChI=1S/C12H8BrN3O2/c13-10-9(4-5-17-10)12-15-11(16-18-12)7-2-1-3-8(14)6-7/h1-6H,14H2. The van der Waals surface area contributed by atoms with Crippen LogP contribution in [0.5, 0.6) is 0 Å². The Kier molecular flexibility index (Phi) is 2.64. The van der Waals surface area contributed by atoms with E-state index in [1.165, 1.54) is 0 Å². The smallest absolute Gasteiger partial charge is 0.262 e. The summed E-state index contributed by atoms with van der Waals surface area (Å²) in [5.41, 5.74) is 7.90. The molecule has 0 radical (unpaired) electrons. The van der Waals surface area contributed by atoms with Gasteiger partial charge in [-0.05, 0) is 34.1 Å². The van der Waals surface area contributed by atoms with E-state index in [2.05, 4.69) is 26.1 Å². The lowest BCUT2D eigenvalue weighted by Crippen LogP contribution is -1.86. The highest BCUT2D eigenvalue weighted by Crippen LogP contribution is 2.29. The predicted octanol–water partition coefficient (Wildman–Crippen LogP) is 3.34. The van der Waals surface area contributed by atoms with Gasteiger partial charge in [-0.25, -0.2) is 0 Å². The molecule has 3 aromatic rings. The molecule has 0 aliphatic carbocycles. The summed E-state index contributed by atoms with van der Waals surface area (Å²) >= 11 is 3.27. The second-order valence-corrected chi connectivity index (χ2v) is 4.38. The number of benzene rings is 1. The predicted molar refractivity (Wildman–Crippen MR) is 69.5 cm³/mol. The molecule has 0 fully saturated rings. The number of anilines is 1. The zero-order valence-electron chi connectivity index (χ0n) is 9.13. The Balaban J connectivity index is 2.02. The molecule has 90 valence electrons. The van der Waals surface area contributed by atoms with Crippen LogP contribution in [0, 0.1) is 0 Å². The van der Waals surface area contributed by atoms with Gasteiger partial charge in [-0.15, -0.1) is 0 Å². The Morgan fingerprint density at radius 1 is 1.22 bits per heavy atom. The van der Waals surface area contributed by atoms with Crippen molar-refractivity contribution in [2.45, 2.75) is 0 Å². The van der Waals surface area contributed by atoms with Crippen molar-refractivity contribution in [2.24, 2.45) is 0 Å². The van der Waals surface area contributed by atoms with Crippen LogP contribution in [0.25, 0.3) is 22.8 Å². The van der Waals surface area contributed by atoms with Gasteiger partial charge in [-0.1, -0.05) is 17.3 Å². The number of nitrogens with zero attached hydrogens (tertiary/aromatic N) is 2. The molecule has 0 saturated heterocycles. The van der Waals surface area contributed by atoms with Crippen LogP contribution in [0.15, 0.2) is 50.2 Å². The van der Waals surface area contributed by atoms with Crippen molar-refractivity contribution in [1.82, 2.24) is 10.1 Å². The van der Waals surface area contributed by atoms with E-state index in [9.17, 15) is 0 Å². The van der Waals surface area contributed by atoms with Crippen molar-refractivity contribution < 1.29 is 8.94 Å². The van der Waals surface area contributed by atoms with E-state index in [0.717, 1.165) is 11.1 Å². The molecule has 0 atom stereocenters. The van der Waals surface area contributed by atoms with Gasteiger partial charge < -0.3 is 14.7 Å². The zero-order valence-corrected chi connectivity index (χ0v) is 10.7. The van der Waals surface area contributed by atoms with E-state index >= 15 is 0 Å². The molecule has 1 aromatic carbocycles. The Morgan fingerprint density at radius 3 is 2.83 bits per heavy atom. The summed E-state index contributed by atoms with van der Waals surface area (Å²) in [4.78, 5) is 4.30. The van der Waals surface area contributed by atoms with Crippen LogP contribution in [0.4, 0.5) is 5.69 Å². The van der Waals surface area contributed by atoms with E-state index in [4.69, 9.17) is 14.7 Å². The number of hydrogen-bond acceptors (Lipinski definition) is 5. The number of aromatic nitrogens is 2. The third-order valence-electron chi connectivity index (χ3n) is 2.42. The lowest BCUT2D eigenvalue weighted by molar-refractivity contribution is 0.431. The van der Waals surface area contributed by atoms with Crippen LogP contribution >= 0.6 is 15.9 Å². The van der Waals surface area contributed by atoms with Crippen molar-refractivity contribution in [2.75, 3.05) is 5.73 Å². The highest BCUT2D eigenvalue weighted by Gasteiger charge is 2.15. The summed E-state index contributed by atoms with van der Waals surface area (Å²) < 4.78 is 10.9. The molecule has 18 heavy (non-hydrogen) atoms. The van der Waals surface area contributed by atoms with Crippen LogP contribution in [0.1, 0.15) is 0 Å². The summed E-state index contributed by atoms with van der Waals surface area (Å²) in [5.74, 6) is 0.887. The van der Waals surface area contributed by atoms with Crippen molar-refractivity contribution in [1.29, 1.82) is 0 Å². The summed E-state index contributed by atoms with van der Waals surface area (Å²) in [5, 5.41) is 3.92. The van der Waals surface area contributed by atoms with Gasteiger partial charge in [0.15, 0.2) is 4.67 Å². The van der Waals surface area contributed by atoms with E-state index in [0.29, 0.717) is 22.1 Å². The third-order valence-corrected chi connectivity index (χ3v) is 3.03. The minimum atomic E-state index is 0.396. The van der Waals surface area contributed by atoms with Crippen molar-refractivity contribution in [3.05, 3.63) is 41.3 Å². The topological polar surface area (TPSA) is 78.1 Å². The number of hydrogen-bond donors (Lipinski definition) is 1. The summed E-state index contributed by atoms with van der Waals surface area (Å²) in [6, 6.07) is 9.06. The molecule has 3 rings (SSSR count). The number of halogens is 1. The molecule has 0 saturated carbocycles. The van der Waals surface area contributed by atoms with Crippen LogP contribution in [0.2, 0.25) is 0 Å². The first-order valence-electron chi connectivity index (χ1n) is 5.17. The Morgan fingerprint density at radius 2 is 2.11 bits per heavy atom. The maximum absolute atomic E-state index is 5.71. The molecule has 0 spiro atoms. The van der Waals surface area contributed by atoms with E-state index < -0.39 is 0 Å². The minimum Gasteiger partial charge on any atom is -0.457 e. The lowest BCUT2D eigenvalue weighted by Gasteiger charge is -1.95. The fourth-order valence-electron chi connectivity index (χ4n) is 1.57. The van der Waals surface area contributed by atoms with Gasteiger partial charge >= 0.3 is 0 Å². The van der Waals surface area contributed by atoms with Gasteiger partial charge in [-0.3, -0.25) is 0 Å². The highest BCUT2D eigenvalue weighted by molar-refractivity contribution is 9.10. The Hall–Kier alpha value is -2.08. The molecule has 0 aliphatic heterocycles. The van der Waals surface area contributed by atoms with Crippen LogP contribution in [0.3, 0.4) is 0 Å². The SMILES string of the molecule is Nc1cccc(-c2noc(-c3ccoc3Br)n2)c1. The van der Waals surface area contributed by atoms with Crippen molar-refractivity contribution in [3.63, 3.8) is 0 Å². The van der Waals surface area contributed by atoms with Gasteiger partial charge in [0.25, 0.3) is 5.89 Å². The lowest BCUT2D eigenvalue weighted by atomic mass is 10.2. The van der Waals surface area contributed by atoms with Crippen molar-refractivity contribution in [3.8, 4) is 22.8 Å². The second-order valence-electron chi connectivity index (χ2n) is 3.66. The second kappa shape index (κ2) is 4.30. The van der Waals surface area contributed by atoms with Crippen LogP contribution < -0.4 is 5.73 Å². The molecule has 5 nitrogen and oxygen atoms in total. The van der Waals surface area contributed by atoms with Gasteiger partial charge in [0.1, 0.15) is 0 Å². The molecular formula is C12H8BrN3O2. The van der Waals surface area contributed by atoms with Gasteiger partial charge in [0, 0.05) is 11.3 Å². The monoisotopic (exact) mass is 305 g/mol. The Labute approximate surface area is 111 Å². The summed E-state index contributed by atoms with van der Waals surface area (Å²) in [6.45, 7) is 0. The number of nitrogens with two attached hydrogens (primary N) is 1. The van der Waals surface area contributed by atoms with Crippen LogP contribution in [-0.2, 0) is 0 Å². The maximum Gasteiger partial charge on any atom is 0.262 e. The average Bonchev–Trinajstić information content (AvgIpc) is 2.97. The average molecular weight is 306 g/mol. The van der Waals surface area contributed by atoms with Gasteiger partial charge in [-0.2, -0.15) is 4.98 Å². The third kappa shape index (κ3) is 1.91. The normalized spacial score (nSPS) is 10.7. The molecule has 0 unspecified atom stereocenters. The van der Waals surface area contributed by atoms with E-state index in [1.54, 1.807) is 24.5 Å². The molecule has 2 heterocycles. The molecule has 0 bridgehead atoms. The molecule has 2 N–H and O–H groups in total. The van der Waals surface area contributed by atoms with E-state index in [1.807, 2.05) is 12.1 Å². The minimum absolute atomic E-state index is 0.396. The first-order valence-corrected chi connectivity index (χ1v) is 5.96. The molecule has 6 heteroatoms. The number of nitrogen functional groups attached to an aromatic ring is 1. The first kappa shape index (κ1) is 11.0. The molecule has 0 amide bonds. The molecule has 2 aromatic heterocycles. The van der Waals surface area contributed by atoms with E-state index in [-0.39, 0.29) is 0 Å². The van der Waals surface area contributed by atoms with Gasteiger partial charge in [0.05, 0.1) is 11.8 Å². The number of rotatable bonds is 2. The van der Waals surface area contributed by atoms with Gasteiger partial charge in [0.2, 0.25) is 5.82 Å². The largest absolute Gasteiger partial charge is 0.457 e. The fourth-order valence-corrected chi connectivity index (χ4v) is 1.98. The molecular weight excluding hydrogens is 298 g/mol. The molecule has 0 aliphatic rings. The Bertz CT molecular complexity index is 690. The summed E-state index contributed by atoms with van der Waals surface area (Å²) in [6.07, 6.45) is 1.55. The van der Waals surface area contributed by atoms with Crippen LogP contribution in [-0.4, -0.2) is 10.1 Å². The number of furan rings is 1. The quantitative estimate of drug-likeness (QED) is 0.735. The first-order chi connectivity index (χ1) is 8.74. The van der Waals surface area contributed by atoms with Crippen molar-refractivity contribution >= 4 is 21.6 Å². The zero-order chi connectivity index (χ0) is 12.5.